The molecule has 1 N–H and O–H groups in total. The number of H-pyrrole nitrogens is 1. The molecule has 0 unspecified atom stereocenters. The van der Waals surface area contributed by atoms with Gasteiger partial charge in [0, 0.05) is 50.9 Å². The molecule has 8 nitrogen and oxygen atoms in total. The Labute approximate surface area is 228 Å². The molecule has 2 aromatic carbocycles. The van der Waals surface area contributed by atoms with Crippen LogP contribution in [0.3, 0.4) is 0 Å². The Morgan fingerprint density at radius 2 is 1.54 bits per heavy atom. The van der Waals surface area contributed by atoms with Crippen LogP contribution in [-0.2, 0) is 17.5 Å². The number of hydrogen-bond acceptors (Lipinski definition) is 5. The van der Waals surface area contributed by atoms with Crippen molar-refractivity contribution in [1.82, 2.24) is 24.7 Å². The third-order valence-electron chi connectivity index (χ3n) is 7.49. The third kappa shape index (κ3) is 5.67. The third-order valence-corrected chi connectivity index (χ3v) is 7.49. The first kappa shape index (κ1) is 28.6. The van der Waals surface area contributed by atoms with Crippen molar-refractivity contribution in [3.63, 3.8) is 0 Å². The standard InChI is InChI=1S/C26H24F7N5O3/c27-20-16(21(28)23(30)19(22(20)29)26(31,32)33)12-41-25(40)38-5-3-15(4-6-38)36-7-9-37(10-8-36)24(39)14-1-2-17-18(11-14)35-13-34-17/h1-2,11,13,15H,3-10,12H2,(H,34,35). The van der Waals surface area contributed by atoms with Crippen molar-refractivity contribution in [1.29, 1.82) is 0 Å². The zero-order valence-electron chi connectivity index (χ0n) is 21.4. The number of rotatable bonds is 4. The fraction of sp³-hybridized carbons (Fsp3) is 0.423. The van der Waals surface area contributed by atoms with Gasteiger partial charge in [0.2, 0.25) is 0 Å². The van der Waals surface area contributed by atoms with E-state index in [1.54, 1.807) is 29.4 Å². The molecule has 1 aromatic heterocycles. The summed E-state index contributed by atoms with van der Waals surface area (Å²) in [7, 11) is 0. The summed E-state index contributed by atoms with van der Waals surface area (Å²) < 4.78 is 98.8. The van der Waals surface area contributed by atoms with Crippen molar-refractivity contribution < 1.29 is 45.1 Å². The number of piperazine rings is 1. The Morgan fingerprint density at radius 3 is 2.15 bits per heavy atom. The lowest BCUT2D eigenvalue weighted by Crippen LogP contribution is -2.54. The molecule has 0 radical (unpaired) electrons. The number of amides is 2. The Hall–Kier alpha value is -3.88. The van der Waals surface area contributed by atoms with Gasteiger partial charge in [0.15, 0.2) is 23.3 Å². The highest BCUT2D eigenvalue weighted by atomic mass is 19.4. The van der Waals surface area contributed by atoms with Crippen LogP contribution in [0.15, 0.2) is 24.5 Å². The van der Waals surface area contributed by atoms with Crippen LogP contribution >= 0.6 is 0 Å². The number of hydrogen-bond donors (Lipinski definition) is 1. The number of nitrogens with zero attached hydrogens (tertiary/aromatic N) is 4. The molecule has 220 valence electrons. The molecule has 3 aromatic rings. The van der Waals surface area contributed by atoms with Crippen LogP contribution in [0.1, 0.15) is 34.3 Å². The van der Waals surface area contributed by atoms with Gasteiger partial charge in [0.25, 0.3) is 5.91 Å². The number of aromatic nitrogens is 2. The van der Waals surface area contributed by atoms with Gasteiger partial charge in [-0.25, -0.2) is 27.3 Å². The van der Waals surface area contributed by atoms with Gasteiger partial charge in [-0.1, -0.05) is 0 Å². The Bertz CT molecular complexity index is 1430. The van der Waals surface area contributed by atoms with Gasteiger partial charge >= 0.3 is 12.3 Å². The number of nitrogens with one attached hydrogen (secondary N) is 1. The smallest absolute Gasteiger partial charge is 0.422 e. The SMILES string of the molecule is O=C(OCc1c(F)c(F)c(C(F)(F)F)c(F)c1F)N1CCC(N2CCN(C(=O)c3ccc4[nH]cnc4c3)CC2)CC1. The lowest BCUT2D eigenvalue weighted by molar-refractivity contribution is -0.143. The maximum atomic E-state index is 14.1. The van der Waals surface area contributed by atoms with Gasteiger partial charge < -0.3 is 19.5 Å². The molecule has 2 aliphatic rings. The number of alkyl halides is 3. The number of aromatic amines is 1. The molecule has 5 rings (SSSR count). The van der Waals surface area contributed by atoms with Crippen LogP contribution in [0.5, 0.6) is 0 Å². The average molecular weight is 587 g/mol. The van der Waals surface area contributed by atoms with Gasteiger partial charge in [-0.3, -0.25) is 9.69 Å². The highest BCUT2D eigenvalue weighted by Gasteiger charge is 2.42. The Balaban J connectivity index is 1.11. The summed E-state index contributed by atoms with van der Waals surface area (Å²) in [6.45, 7) is 1.41. The van der Waals surface area contributed by atoms with Crippen LogP contribution in [0.25, 0.3) is 11.0 Å². The lowest BCUT2D eigenvalue weighted by atomic mass is 10.0. The van der Waals surface area contributed by atoms with Crippen LogP contribution in [-0.4, -0.2) is 82.0 Å². The Kier molecular flexibility index (Phi) is 7.81. The molecule has 3 heterocycles. The number of halogens is 7. The maximum absolute atomic E-state index is 14.1. The average Bonchev–Trinajstić information content (AvgIpc) is 3.43. The van der Waals surface area contributed by atoms with Crippen LogP contribution < -0.4 is 0 Å². The van der Waals surface area contributed by atoms with Crippen molar-refractivity contribution in [2.75, 3.05) is 39.3 Å². The summed E-state index contributed by atoms with van der Waals surface area (Å²) in [4.78, 5) is 37.7. The number of likely N-dealkylation sites (tertiary alicyclic amines) is 1. The van der Waals surface area contributed by atoms with Gasteiger partial charge in [0.1, 0.15) is 12.2 Å². The molecule has 0 spiro atoms. The van der Waals surface area contributed by atoms with Crippen molar-refractivity contribution >= 4 is 23.0 Å². The molecule has 0 bridgehead atoms. The minimum atomic E-state index is -5.66. The van der Waals surface area contributed by atoms with E-state index in [9.17, 15) is 40.3 Å². The van der Waals surface area contributed by atoms with E-state index < -0.39 is 53.3 Å². The summed E-state index contributed by atoms with van der Waals surface area (Å²) in [6.07, 6.45) is -4.06. The summed E-state index contributed by atoms with van der Waals surface area (Å²) in [6, 6.07) is 5.39. The van der Waals surface area contributed by atoms with E-state index in [4.69, 9.17) is 4.74 Å². The first-order valence-corrected chi connectivity index (χ1v) is 12.8. The number of carbonyl (C=O) groups is 2. The normalized spacial score (nSPS) is 17.3. The minimum Gasteiger partial charge on any atom is -0.444 e. The number of benzene rings is 2. The number of fused-ring (bicyclic) bond motifs is 1. The maximum Gasteiger partial charge on any atom is 0.422 e. The highest BCUT2D eigenvalue weighted by Crippen LogP contribution is 2.37. The second kappa shape index (κ2) is 11.2. The summed E-state index contributed by atoms with van der Waals surface area (Å²) in [5.74, 6) is -9.86. The molecule has 0 atom stereocenters. The molecular weight excluding hydrogens is 563 g/mol. The molecule has 2 fully saturated rings. The molecular formula is C26H24F7N5O3. The fourth-order valence-electron chi connectivity index (χ4n) is 5.23. The molecule has 2 aliphatic heterocycles. The topological polar surface area (TPSA) is 81.8 Å². The fourth-order valence-corrected chi connectivity index (χ4v) is 5.23. The van der Waals surface area contributed by atoms with Crippen LogP contribution in [0.2, 0.25) is 0 Å². The second-order valence-corrected chi connectivity index (χ2v) is 9.84. The van der Waals surface area contributed by atoms with E-state index in [2.05, 4.69) is 14.9 Å². The van der Waals surface area contributed by atoms with E-state index in [1.165, 1.54) is 4.90 Å². The molecule has 2 saturated heterocycles. The second-order valence-electron chi connectivity index (χ2n) is 9.84. The highest BCUT2D eigenvalue weighted by molar-refractivity contribution is 5.97. The minimum absolute atomic E-state index is 0.0900. The summed E-state index contributed by atoms with van der Waals surface area (Å²) in [5.41, 5.74) is -2.05. The van der Waals surface area contributed by atoms with Gasteiger partial charge in [-0.05, 0) is 31.0 Å². The van der Waals surface area contributed by atoms with Crippen molar-refractivity contribution in [2.24, 2.45) is 0 Å². The number of carbonyl (C=O) groups excluding carboxylic acids is 2. The zero-order valence-corrected chi connectivity index (χ0v) is 21.4. The van der Waals surface area contributed by atoms with E-state index in [1.807, 2.05) is 0 Å². The molecule has 0 saturated carbocycles. The number of imidazole rings is 1. The summed E-state index contributed by atoms with van der Waals surface area (Å²) in [5, 5.41) is 0. The van der Waals surface area contributed by atoms with E-state index in [-0.39, 0.29) is 25.0 Å². The van der Waals surface area contributed by atoms with E-state index in [0.717, 1.165) is 5.52 Å². The Morgan fingerprint density at radius 1 is 0.902 bits per heavy atom. The molecule has 15 heteroatoms. The predicted molar refractivity (Wildman–Crippen MR) is 130 cm³/mol. The number of piperidine rings is 1. The van der Waals surface area contributed by atoms with E-state index >= 15 is 0 Å². The van der Waals surface area contributed by atoms with E-state index in [0.29, 0.717) is 50.1 Å². The van der Waals surface area contributed by atoms with Gasteiger partial charge in [0.05, 0.1) is 22.9 Å². The monoisotopic (exact) mass is 587 g/mol. The quantitative estimate of drug-likeness (QED) is 0.354. The van der Waals surface area contributed by atoms with Crippen molar-refractivity contribution in [3.05, 3.63) is 64.5 Å². The number of ether oxygens (including phenoxy) is 1. The van der Waals surface area contributed by atoms with Crippen LogP contribution in [0.4, 0.5) is 35.5 Å². The van der Waals surface area contributed by atoms with Crippen LogP contribution in [0, 0.1) is 23.3 Å². The lowest BCUT2D eigenvalue weighted by Gasteiger charge is -2.42. The van der Waals surface area contributed by atoms with Crippen molar-refractivity contribution in [2.45, 2.75) is 31.7 Å². The largest absolute Gasteiger partial charge is 0.444 e. The summed E-state index contributed by atoms with van der Waals surface area (Å²) >= 11 is 0. The van der Waals surface area contributed by atoms with Gasteiger partial charge in [-0.15, -0.1) is 0 Å². The molecule has 0 aliphatic carbocycles. The first-order valence-electron chi connectivity index (χ1n) is 12.8. The zero-order chi connectivity index (χ0) is 29.5. The first-order chi connectivity index (χ1) is 19.5. The van der Waals surface area contributed by atoms with Gasteiger partial charge in [-0.2, -0.15) is 13.2 Å². The molecule has 41 heavy (non-hydrogen) atoms. The molecule has 2 amide bonds. The predicted octanol–water partition coefficient (Wildman–Crippen LogP) is 4.70. The van der Waals surface area contributed by atoms with Crippen molar-refractivity contribution in [3.8, 4) is 0 Å².